The van der Waals surface area contributed by atoms with Gasteiger partial charge in [-0.2, -0.15) is 0 Å². The third-order valence-corrected chi connectivity index (χ3v) is 5.59. The fourth-order valence-electron chi connectivity index (χ4n) is 2.70. The van der Waals surface area contributed by atoms with Gasteiger partial charge >= 0.3 is 0 Å². The van der Waals surface area contributed by atoms with Crippen molar-refractivity contribution >= 4 is 23.2 Å². The Bertz CT molecular complexity index is 570. The van der Waals surface area contributed by atoms with Crippen molar-refractivity contribution in [3.05, 3.63) is 21.4 Å². The van der Waals surface area contributed by atoms with E-state index in [0.717, 1.165) is 12.8 Å². The highest BCUT2D eigenvalue weighted by Crippen LogP contribution is 2.39. The molecule has 0 aliphatic heterocycles. The molecule has 4 nitrogen and oxygen atoms in total. The monoisotopic (exact) mass is 322 g/mol. The summed E-state index contributed by atoms with van der Waals surface area (Å²) in [5.74, 6) is 0.110. The van der Waals surface area contributed by atoms with Gasteiger partial charge in [0.2, 0.25) is 5.91 Å². The third kappa shape index (κ3) is 3.88. The normalized spacial score (nSPS) is 18.0. The summed E-state index contributed by atoms with van der Waals surface area (Å²) in [5, 5.41) is 0. The van der Waals surface area contributed by atoms with E-state index in [-0.39, 0.29) is 17.7 Å². The fraction of sp³-hybridized carbons (Fsp3) is 0.647. The molecular weight excluding hydrogens is 296 g/mol. The molecule has 1 heterocycles. The maximum absolute atomic E-state index is 12.2. The maximum atomic E-state index is 12.2. The van der Waals surface area contributed by atoms with E-state index in [1.54, 1.807) is 25.2 Å². The summed E-state index contributed by atoms with van der Waals surface area (Å²) in [6.07, 6.45) is 3.27. The molecule has 0 bridgehead atoms. The first kappa shape index (κ1) is 17.0. The minimum Gasteiger partial charge on any atom is -0.273 e. The Hall–Kier alpha value is -1.36. The molecule has 1 aromatic rings. The van der Waals surface area contributed by atoms with Gasteiger partial charge < -0.3 is 0 Å². The number of aryl methyl sites for hydroxylation is 1. The third-order valence-electron chi connectivity index (χ3n) is 4.35. The second-order valence-corrected chi connectivity index (χ2v) is 8.60. The highest BCUT2D eigenvalue weighted by atomic mass is 32.1. The lowest BCUT2D eigenvalue weighted by Gasteiger charge is -2.33. The van der Waals surface area contributed by atoms with Crippen LogP contribution in [0.5, 0.6) is 0 Å². The van der Waals surface area contributed by atoms with Crippen LogP contribution in [-0.4, -0.2) is 11.8 Å². The number of hydrazine groups is 1. The molecule has 122 valence electrons. The highest BCUT2D eigenvalue weighted by molar-refractivity contribution is 7.14. The van der Waals surface area contributed by atoms with Crippen molar-refractivity contribution in [1.29, 1.82) is 0 Å². The van der Waals surface area contributed by atoms with Crippen molar-refractivity contribution in [1.82, 2.24) is 10.9 Å². The molecule has 1 aliphatic rings. The summed E-state index contributed by atoms with van der Waals surface area (Å²) in [6, 6.07) is 1.99. The van der Waals surface area contributed by atoms with Crippen molar-refractivity contribution in [2.45, 2.75) is 53.9 Å². The molecule has 0 fully saturated rings. The van der Waals surface area contributed by atoms with Crippen LogP contribution >= 0.6 is 11.3 Å². The summed E-state index contributed by atoms with van der Waals surface area (Å²) in [7, 11) is 0. The number of carbonyl (C=O) groups is 2. The van der Waals surface area contributed by atoms with Gasteiger partial charge in [0, 0.05) is 10.8 Å². The molecule has 0 saturated heterocycles. The number of nitrogens with one attached hydrogen (secondary N) is 2. The van der Waals surface area contributed by atoms with Crippen LogP contribution in [0, 0.1) is 17.3 Å². The number of rotatable bonds is 2. The second kappa shape index (κ2) is 6.41. The van der Waals surface area contributed by atoms with E-state index in [0.29, 0.717) is 16.2 Å². The summed E-state index contributed by atoms with van der Waals surface area (Å²) < 4.78 is 0. The van der Waals surface area contributed by atoms with Crippen molar-refractivity contribution in [3.8, 4) is 0 Å². The Kier molecular flexibility index (Phi) is 4.95. The molecule has 1 aromatic heterocycles. The number of hydrogen-bond donors (Lipinski definition) is 2. The van der Waals surface area contributed by atoms with E-state index in [1.807, 2.05) is 6.07 Å². The topological polar surface area (TPSA) is 58.2 Å². The smallest absolute Gasteiger partial charge is 0.273 e. The molecule has 1 aliphatic carbocycles. The molecule has 0 aromatic carbocycles. The van der Waals surface area contributed by atoms with Crippen LogP contribution in [0.4, 0.5) is 0 Å². The van der Waals surface area contributed by atoms with Crippen LogP contribution in [-0.2, 0) is 17.6 Å². The minimum absolute atomic E-state index is 0.149. The second-order valence-electron chi connectivity index (χ2n) is 7.46. The predicted octanol–water partition coefficient (Wildman–Crippen LogP) is 3.32. The van der Waals surface area contributed by atoms with Gasteiger partial charge in [0.25, 0.3) is 5.91 Å². The quantitative estimate of drug-likeness (QED) is 0.821. The van der Waals surface area contributed by atoms with Gasteiger partial charge in [-0.1, -0.05) is 34.6 Å². The molecule has 1 unspecified atom stereocenters. The summed E-state index contributed by atoms with van der Waals surface area (Å²) >= 11 is 1.55. The van der Waals surface area contributed by atoms with Crippen molar-refractivity contribution in [3.63, 3.8) is 0 Å². The minimum atomic E-state index is -0.222. The fourth-order valence-corrected chi connectivity index (χ4v) is 3.80. The number of hydrogen-bond acceptors (Lipinski definition) is 3. The van der Waals surface area contributed by atoms with Crippen LogP contribution in [0.3, 0.4) is 0 Å². The van der Waals surface area contributed by atoms with Crippen molar-refractivity contribution < 1.29 is 9.59 Å². The SMILES string of the molecule is CC(C)C(=O)NNC(=O)c1cc2c(s1)CCC(C(C)(C)C)C2. The zero-order valence-electron chi connectivity index (χ0n) is 14.1. The van der Waals surface area contributed by atoms with Gasteiger partial charge in [-0.25, -0.2) is 0 Å². The average molecular weight is 322 g/mol. The Morgan fingerprint density at radius 3 is 2.55 bits per heavy atom. The van der Waals surface area contributed by atoms with Gasteiger partial charge in [-0.3, -0.25) is 20.4 Å². The Balaban J connectivity index is 2.02. The van der Waals surface area contributed by atoms with Gasteiger partial charge in [-0.15, -0.1) is 11.3 Å². The number of fused-ring (bicyclic) bond motifs is 1. The highest BCUT2D eigenvalue weighted by Gasteiger charge is 2.30. The van der Waals surface area contributed by atoms with E-state index < -0.39 is 0 Å². The summed E-state index contributed by atoms with van der Waals surface area (Å²) in [5.41, 5.74) is 6.57. The molecule has 0 spiro atoms. The van der Waals surface area contributed by atoms with Gasteiger partial charge in [0.1, 0.15) is 0 Å². The maximum Gasteiger partial charge on any atom is 0.279 e. The lowest BCUT2D eigenvalue weighted by Crippen LogP contribution is -2.43. The van der Waals surface area contributed by atoms with Gasteiger partial charge in [0.15, 0.2) is 0 Å². The van der Waals surface area contributed by atoms with E-state index in [1.165, 1.54) is 16.9 Å². The van der Waals surface area contributed by atoms with Crippen molar-refractivity contribution in [2.24, 2.45) is 17.3 Å². The lowest BCUT2D eigenvalue weighted by molar-refractivity contribution is -0.124. The Morgan fingerprint density at radius 2 is 1.95 bits per heavy atom. The molecule has 0 saturated carbocycles. The van der Waals surface area contributed by atoms with Crippen LogP contribution < -0.4 is 10.9 Å². The van der Waals surface area contributed by atoms with Gasteiger partial charge in [-0.05, 0) is 42.2 Å². The Labute approximate surface area is 136 Å². The van der Waals surface area contributed by atoms with Crippen LogP contribution in [0.2, 0.25) is 0 Å². The number of thiophene rings is 1. The first-order valence-electron chi connectivity index (χ1n) is 7.90. The summed E-state index contributed by atoms with van der Waals surface area (Å²) in [6.45, 7) is 10.4. The molecular formula is C17H26N2O2S. The molecule has 5 heteroatoms. The van der Waals surface area contributed by atoms with Crippen LogP contribution in [0.1, 0.15) is 61.2 Å². The van der Waals surface area contributed by atoms with E-state index in [2.05, 4.69) is 31.6 Å². The zero-order valence-corrected chi connectivity index (χ0v) is 14.9. The molecule has 22 heavy (non-hydrogen) atoms. The average Bonchev–Trinajstić information content (AvgIpc) is 2.86. The number of carbonyl (C=O) groups excluding carboxylic acids is 2. The van der Waals surface area contributed by atoms with E-state index in [4.69, 9.17) is 0 Å². The van der Waals surface area contributed by atoms with Crippen LogP contribution in [0.15, 0.2) is 6.07 Å². The number of amides is 2. The molecule has 2 N–H and O–H groups in total. The predicted molar refractivity (Wildman–Crippen MR) is 89.7 cm³/mol. The molecule has 0 radical (unpaired) electrons. The van der Waals surface area contributed by atoms with Gasteiger partial charge in [0.05, 0.1) is 4.88 Å². The van der Waals surface area contributed by atoms with Crippen LogP contribution in [0.25, 0.3) is 0 Å². The first-order chi connectivity index (χ1) is 10.2. The largest absolute Gasteiger partial charge is 0.279 e. The van der Waals surface area contributed by atoms with E-state index >= 15 is 0 Å². The molecule has 1 atom stereocenters. The van der Waals surface area contributed by atoms with E-state index in [9.17, 15) is 9.59 Å². The molecule has 2 amide bonds. The standard InChI is InChI=1S/C17H26N2O2S/c1-10(2)15(20)18-19-16(21)14-9-11-8-12(17(3,4)5)6-7-13(11)22-14/h9-10,12H,6-8H2,1-5H3,(H,18,20)(H,19,21). The molecule has 2 rings (SSSR count). The zero-order chi connectivity index (χ0) is 16.5. The first-order valence-corrected chi connectivity index (χ1v) is 8.72. The van der Waals surface area contributed by atoms with Crippen molar-refractivity contribution in [2.75, 3.05) is 0 Å². The Morgan fingerprint density at radius 1 is 1.27 bits per heavy atom. The summed E-state index contributed by atoms with van der Waals surface area (Å²) in [4.78, 5) is 25.7. The lowest BCUT2D eigenvalue weighted by atomic mass is 9.72.